The summed E-state index contributed by atoms with van der Waals surface area (Å²) in [7, 11) is 1.86. The van der Waals surface area contributed by atoms with Gasteiger partial charge in [-0.25, -0.2) is 0 Å². The molecule has 0 aromatic heterocycles. The van der Waals surface area contributed by atoms with Gasteiger partial charge in [0.2, 0.25) is 5.91 Å². The Labute approximate surface area is 104 Å². The number of hydrogen-bond acceptors (Lipinski definition) is 3. The molecule has 4 nitrogen and oxygen atoms in total. The molecule has 0 aromatic rings. The lowest BCUT2D eigenvalue weighted by Crippen LogP contribution is -2.42. The molecule has 1 atom stereocenters. The average Bonchev–Trinajstić information content (AvgIpc) is 2.44. The summed E-state index contributed by atoms with van der Waals surface area (Å²) in [6.45, 7) is 2.65. The number of aliphatic hydroxyl groups is 1. The molecular formula is C13H26N2O2. The van der Waals surface area contributed by atoms with Crippen molar-refractivity contribution in [3.63, 3.8) is 0 Å². The first-order valence-electron chi connectivity index (χ1n) is 6.74. The first kappa shape index (κ1) is 14.5. The van der Waals surface area contributed by atoms with Crippen LogP contribution in [0, 0.1) is 0 Å². The van der Waals surface area contributed by atoms with Crippen LogP contribution in [0.2, 0.25) is 0 Å². The van der Waals surface area contributed by atoms with E-state index < -0.39 is 0 Å². The van der Waals surface area contributed by atoms with Gasteiger partial charge in [-0.05, 0) is 26.8 Å². The third kappa shape index (κ3) is 6.64. The van der Waals surface area contributed by atoms with Crippen LogP contribution in [-0.4, -0.2) is 48.2 Å². The molecule has 1 aliphatic rings. The van der Waals surface area contributed by atoms with Crippen molar-refractivity contribution in [3.05, 3.63) is 0 Å². The molecule has 1 rings (SSSR count). The lowest BCUT2D eigenvalue weighted by Gasteiger charge is -2.21. The van der Waals surface area contributed by atoms with E-state index in [0.717, 1.165) is 12.8 Å². The van der Waals surface area contributed by atoms with Crippen molar-refractivity contribution in [2.24, 2.45) is 0 Å². The molecule has 0 heterocycles. The molecule has 1 unspecified atom stereocenters. The van der Waals surface area contributed by atoms with Crippen LogP contribution >= 0.6 is 0 Å². The Morgan fingerprint density at radius 3 is 2.47 bits per heavy atom. The molecule has 0 aromatic carbocycles. The third-order valence-electron chi connectivity index (χ3n) is 3.21. The zero-order chi connectivity index (χ0) is 12.7. The van der Waals surface area contributed by atoms with Gasteiger partial charge < -0.3 is 10.4 Å². The quantitative estimate of drug-likeness (QED) is 0.711. The number of likely N-dealkylation sites (N-methyl/N-ethyl adjacent to an activating group) is 1. The molecule has 0 radical (unpaired) electrons. The summed E-state index contributed by atoms with van der Waals surface area (Å²) in [6.07, 6.45) is 6.91. The molecule has 1 amide bonds. The Morgan fingerprint density at radius 1 is 1.35 bits per heavy atom. The average molecular weight is 242 g/mol. The second-order valence-corrected chi connectivity index (χ2v) is 5.30. The summed E-state index contributed by atoms with van der Waals surface area (Å²) in [6, 6.07) is 0.366. The van der Waals surface area contributed by atoms with E-state index in [1.165, 1.54) is 25.7 Å². The summed E-state index contributed by atoms with van der Waals surface area (Å²) in [5.74, 6) is 0.0834. The van der Waals surface area contributed by atoms with Crippen LogP contribution in [0.15, 0.2) is 0 Å². The third-order valence-corrected chi connectivity index (χ3v) is 3.21. The van der Waals surface area contributed by atoms with Gasteiger partial charge in [0, 0.05) is 12.6 Å². The van der Waals surface area contributed by atoms with Gasteiger partial charge in [-0.15, -0.1) is 0 Å². The minimum absolute atomic E-state index is 0.0834. The highest BCUT2D eigenvalue weighted by Gasteiger charge is 2.15. The summed E-state index contributed by atoms with van der Waals surface area (Å²) in [4.78, 5) is 13.6. The molecule has 2 N–H and O–H groups in total. The van der Waals surface area contributed by atoms with Gasteiger partial charge in [0.05, 0.1) is 12.6 Å². The Kier molecular flexibility index (Phi) is 6.52. The van der Waals surface area contributed by atoms with Gasteiger partial charge >= 0.3 is 0 Å². The number of rotatable bonds is 5. The molecule has 4 heteroatoms. The van der Waals surface area contributed by atoms with Gasteiger partial charge in [-0.2, -0.15) is 0 Å². The molecule has 1 saturated carbocycles. The standard InChI is InChI=1S/C13H26N2O2/c1-11(16)9-15(2)10-13(17)14-12-7-5-3-4-6-8-12/h11-12,16H,3-10H2,1-2H3,(H,14,17). The molecule has 100 valence electrons. The number of aliphatic hydroxyl groups excluding tert-OH is 1. The summed E-state index contributed by atoms with van der Waals surface area (Å²) >= 11 is 0. The summed E-state index contributed by atoms with van der Waals surface area (Å²) in [5.41, 5.74) is 0. The number of carbonyl (C=O) groups excluding carboxylic acids is 1. The van der Waals surface area contributed by atoms with E-state index in [0.29, 0.717) is 19.1 Å². The van der Waals surface area contributed by atoms with Crippen LogP contribution < -0.4 is 5.32 Å². The second-order valence-electron chi connectivity index (χ2n) is 5.30. The number of nitrogens with zero attached hydrogens (tertiary/aromatic N) is 1. The van der Waals surface area contributed by atoms with Crippen LogP contribution in [0.25, 0.3) is 0 Å². The molecule has 1 fully saturated rings. The predicted molar refractivity (Wildman–Crippen MR) is 68.8 cm³/mol. The lowest BCUT2D eigenvalue weighted by molar-refractivity contribution is -0.122. The molecule has 0 aliphatic heterocycles. The largest absolute Gasteiger partial charge is 0.392 e. The summed E-state index contributed by atoms with van der Waals surface area (Å²) < 4.78 is 0. The maximum absolute atomic E-state index is 11.8. The minimum atomic E-state index is -0.384. The van der Waals surface area contributed by atoms with Crippen LogP contribution in [0.1, 0.15) is 45.4 Å². The van der Waals surface area contributed by atoms with Crippen molar-refractivity contribution in [2.75, 3.05) is 20.1 Å². The van der Waals surface area contributed by atoms with E-state index in [2.05, 4.69) is 5.32 Å². The Bertz CT molecular complexity index is 223. The van der Waals surface area contributed by atoms with Crippen molar-refractivity contribution in [2.45, 2.75) is 57.6 Å². The fourth-order valence-corrected chi connectivity index (χ4v) is 2.46. The maximum Gasteiger partial charge on any atom is 0.234 e. The monoisotopic (exact) mass is 242 g/mol. The Hall–Kier alpha value is -0.610. The highest BCUT2D eigenvalue weighted by atomic mass is 16.3. The Morgan fingerprint density at radius 2 is 1.94 bits per heavy atom. The van der Waals surface area contributed by atoms with E-state index in [-0.39, 0.29) is 12.0 Å². The number of hydrogen-bond donors (Lipinski definition) is 2. The SMILES string of the molecule is CC(O)CN(C)CC(=O)NC1CCCCCC1. The van der Waals surface area contributed by atoms with E-state index in [4.69, 9.17) is 0 Å². The topological polar surface area (TPSA) is 52.6 Å². The van der Waals surface area contributed by atoms with Gasteiger partial charge in [-0.3, -0.25) is 9.69 Å². The van der Waals surface area contributed by atoms with E-state index in [1.54, 1.807) is 6.92 Å². The number of carbonyl (C=O) groups is 1. The van der Waals surface area contributed by atoms with Crippen molar-refractivity contribution in [1.29, 1.82) is 0 Å². The van der Waals surface area contributed by atoms with Crippen molar-refractivity contribution in [1.82, 2.24) is 10.2 Å². The van der Waals surface area contributed by atoms with Crippen LogP contribution in [0.3, 0.4) is 0 Å². The Balaban J connectivity index is 2.23. The van der Waals surface area contributed by atoms with Gasteiger partial charge in [-0.1, -0.05) is 25.7 Å². The molecule has 0 spiro atoms. The fraction of sp³-hybridized carbons (Fsp3) is 0.923. The van der Waals surface area contributed by atoms with E-state index in [9.17, 15) is 9.90 Å². The van der Waals surface area contributed by atoms with Gasteiger partial charge in [0.25, 0.3) is 0 Å². The molecule has 0 bridgehead atoms. The molecule has 0 saturated heterocycles. The number of nitrogens with one attached hydrogen (secondary N) is 1. The molecular weight excluding hydrogens is 216 g/mol. The van der Waals surface area contributed by atoms with Crippen molar-refractivity contribution < 1.29 is 9.90 Å². The molecule has 1 aliphatic carbocycles. The highest BCUT2D eigenvalue weighted by Crippen LogP contribution is 2.16. The minimum Gasteiger partial charge on any atom is -0.392 e. The van der Waals surface area contributed by atoms with Crippen molar-refractivity contribution >= 4 is 5.91 Å². The highest BCUT2D eigenvalue weighted by molar-refractivity contribution is 5.78. The van der Waals surface area contributed by atoms with Crippen LogP contribution in [0.4, 0.5) is 0 Å². The zero-order valence-corrected chi connectivity index (χ0v) is 11.1. The van der Waals surface area contributed by atoms with Gasteiger partial charge in [0.1, 0.15) is 0 Å². The van der Waals surface area contributed by atoms with Crippen LogP contribution in [-0.2, 0) is 4.79 Å². The lowest BCUT2D eigenvalue weighted by atomic mass is 10.1. The van der Waals surface area contributed by atoms with Crippen molar-refractivity contribution in [3.8, 4) is 0 Å². The zero-order valence-electron chi connectivity index (χ0n) is 11.1. The first-order chi connectivity index (χ1) is 8.08. The maximum atomic E-state index is 11.8. The fourth-order valence-electron chi connectivity index (χ4n) is 2.46. The van der Waals surface area contributed by atoms with E-state index in [1.807, 2.05) is 11.9 Å². The molecule has 17 heavy (non-hydrogen) atoms. The van der Waals surface area contributed by atoms with Gasteiger partial charge in [0.15, 0.2) is 0 Å². The van der Waals surface area contributed by atoms with Crippen LogP contribution in [0.5, 0.6) is 0 Å². The predicted octanol–water partition coefficient (Wildman–Crippen LogP) is 1.14. The number of amides is 1. The smallest absolute Gasteiger partial charge is 0.234 e. The first-order valence-corrected chi connectivity index (χ1v) is 6.74. The second kappa shape index (κ2) is 7.67. The summed E-state index contributed by atoms with van der Waals surface area (Å²) in [5, 5.41) is 12.3. The van der Waals surface area contributed by atoms with E-state index >= 15 is 0 Å². The normalized spacial score (nSPS) is 20.0.